The van der Waals surface area contributed by atoms with Gasteiger partial charge >= 0.3 is 5.97 Å². The van der Waals surface area contributed by atoms with Gasteiger partial charge in [0, 0.05) is 17.7 Å². The molecule has 4 heteroatoms. The van der Waals surface area contributed by atoms with E-state index in [-0.39, 0.29) is 11.1 Å². The quantitative estimate of drug-likeness (QED) is 0.741. The third-order valence-corrected chi connectivity index (χ3v) is 1.70. The maximum Gasteiger partial charge on any atom is 0.328 e. The average molecular weight is 198 g/mol. The first-order valence-corrected chi connectivity index (χ1v) is 3.87. The molecule has 0 saturated carbocycles. The number of halogens is 2. The SMILES string of the molecule is C/C(=C\C(=O)O)c1ccc(F)cc1F. The van der Waals surface area contributed by atoms with Crippen molar-refractivity contribution in [2.45, 2.75) is 6.92 Å². The average Bonchev–Trinajstić information content (AvgIpc) is 2.01. The summed E-state index contributed by atoms with van der Waals surface area (Å²) in [5.74, 6) is -2.61. The first-order chi connectivity index (χ1) is 6.50. The van der Waals surface area contributed by atoms with Crippen LogP contribution in [0, 0.1) is 11.6 Å². The Morgan fingerprint density at radius 1 is 1.43 bits per heavy atom. The molecule has 1 N–H and O–H groups in total. The molecule has 0 unspecified atom stereocenters. The number of carboxylic acid groups (broad SMARTS) is 1. The molecule has 1 aromatic rings. The van der Waals surface area contributed by atoms with Gasteiger partial charge in [-0.3, -0.25) is 0 Å². The van der Waals surface area contributed by atoms with Gasteiger partial charge in [-0.15, -0.1) is 0 Å². The Labute approximate surface area is 79.5 Å². The van der Waals surface area contributed by atoms with E-state index in [1.165, 1.54) is 13.0 Å². The van der Waals surface area contributed by atoms with Crippen molar-refractivity contribution >= 4 is 11.5 Å². The van der Waals surface area contributed by atoms with E-state index >= 15 is 0 Å². The summed E-state index contributed by atoms with van der Waals surface area (Å²) in [7, 11) is 0. The van der Waals surface area contributed by atoms with E-state index in [1.807, 2.05) is 0 Å². The molecule has 0 bridgehead atoms. The zero-order valence-corrected chi connectivity index (χ0v) is 7.42. The van der Waals surface area contributed by atoms with E-state index in [9.17, 15) is 13.6 Å². The van der Waals surface area contributed by atoms with Crippen LogP contribution in [0.1, 0.15) is 12.5 Å². The van der Waals surface area contributed by atoms with Gasteiger partial charge in [-0.2, -0.15) is 0 Å². The van der Waals surface area contributed by atoms with Crippen LogP contribution in [-0.2, 0) is 4.79 Å². The molecule has 0 radical (unpaired) electrons. The van der Waals surface area contributed by atoms with Gasteiger partial charge in [-0.05, 0) is 24.6 Å². The molecule has 0 heterocycles. The van der Waals surface area contributed by atoms with Crippen molar-refractivity contribution in [3.63, 3.8) is 0 Å². The van der Waals surface area contributed by atoms with Gasteiger partial charge in [-0.1, -0.05) is 0 Å². The first kappa shape index (κ1) is 10.4. The normalized spacial score (nSPS) is 11.5. The molecule has 0 aliphatic heterocycles. The van der Waals surface area contributed by atoms with Gasteiger partial charge in [0.15, 0.2) is 0 Å². The van der Waals surface area contributed by atoms with Crippen LogP contribution < -0.4 is 0 Å². The number of hydrogen-bond donors (Lipinski definition) is 1. The van der Waals surface area contributed by atoms with Crippen molar-refractivity contribution in [3.8, 4) is 0 Å². The number of allylic oxidation sites excluding steroid dienone is 1. The highest BCUT2D eigenvalue weighted by Crippen LogP contribution is 2.18. The Kier molecular flexibility index (Phi) is 2.96. The third kappa shape index (κ3) is 2.39. The highest BCUT2D eigenvalue weighted by molar-refractivity contribution is 5.89. The molecular formula is C10H8F2O2. The summed E-state index contributed by atoms with van der Waals surface area (Å²) in [6.45, 7) is 1.45. The zero-order valence-electron chi connectivity index (χ0n) is 7.42. The first-order valence-electron chi connectivity index (χ1n) is 3.87. The van der Waals surface area contributed by atoms with Crippen LogP contribution in [0.3, 0.4) is 0 Å². The van der Waals surface area contributed by atoms with E-state index in [2.05, 4.69) is 0 Å². The summed E-state index contributed by atoms with van der Waals surface area (Å²) in [6, 6.07) is 3.01. The molecule has 0 aliphatic rings. The molecule has 0 fully saturated rings. The second kappa shape index (κ2) is 4.00. The fourth-order valence-electron chi connectivity index (χ4n) is 1.07. The maximum absolute atomic E-state index is 13.1. The van der Waals surface area contributed by atoms with Gasteiger partial charge < -0.3 is 5.11 Å². The summed E-state index contributed by atoms with van der Waals surface area (Å²) in [4.78, 5) is 10.3. The topological polar surface area (TPSA) is 37.3 Å². The van der Waals surface area contributed by atoms with Crippen LogP contribution in [0.5, 0.6) is 0 Å². The molecule has 0 atom stereocenters. The molecule has 0 aromatic heterocycles. The lowest BCUT2D eigenvalue weighted by molar-refractivity contribution is -0.131. The molecule has 0 spiro atoms. The van der Waals surface area contributed by atoms with E-state index in [0.717, 1.165) is 12.1 Å². The fraction of sp³-hybridized carbons (Fsp3) is 0.100. The number of carbonyl (C=O) groups is 1. The van der Waals surface area contributed by atoms with E-state index in [4.69, 9.17) is 5.11 Å². The number of aliphatic carboxylic acids is 1. The lowest BCUT2D eigenvalue weighted by atomic mass is 10.1. The van der Waals surface area contributed by atoms with Gasteiger partial charge in [0.2, 0.25) is 0 Å². The predicted molar refractivity (Wildman–Crippen MR) is 47.6 cm³/mol. The highest BCUT2D eigenvalue weighted by atomic mass is 19.1. The van der Waals surface area contributed by atoms with Crippen LogP contribution in [0.4, 0.5) is 8.78 Å². The van der Waals surface area contributed by atoms with Crippen LogP contribution in [0.15, 0.2) is 24.3 Å². The third-order valence-electron chi connectivity index (χ3n) is 1.70. The number of benzene rings is 1. The molecule has 2 nitrogen and oxygen atoms in total. The van der Waals surface area contributed by atoms with Crippen molar-refractivity contribution in [1.29, 1.82) is 0 Å². The smallest absolute Gasteiger partial charge is 0.328 e. The maximum atomic E-state index is 13.1. The number of carboxylic acids is 1. The number of rotatable bonds is 2. The Morgan fingerprint density at radius 3 is 2.57 bits per heavy atom. The Hall–Kier alpha value is -1.71. The Morgan fingerprint density at radius 2 is 2.07 bits per heavy atom. The minimum atomic E-state index is -1.16. The minimum Gasteiger partial charge on any atom is -0.478 e. The van der Waals surface area contributed by atoms with Crippen molar-refractivity contribution in [1.82, 2.24) is 0 Å². The Balaban J connectivity index is 3.14. The van der Waals surface area contributed by atoms with Crippen molar-refractivity contribution in [3.05, 3.63) is 41.5 Å². The second-order valence-electron chi connectivity index (χ2n) is 2.79. The van der Waals surface area contributed by atoms with Crippen LogP contribution in [-0.4, -0.2) is 11.1 Å². The van der Waals surface area contributed by atoms with Crippen molar-refractivity contribution in [2.24, 2.45) is 0 Å². The van der Waals surface area contributed by atoms with E-state index in [0.29, 0.717) is 6.07 Å². The fourth-order valence-corrected chi connectivity index (χ4v) is 1.07. The molecule has 1 aromatic carbocycles. The summed E-state index contributed by atoms with van der Waals surface area (Å²) < 4.78 is 25.6. The van der Waals surface area contributed by atoms with Crippen molar-refractivity contribution in [2.75, 3.05) is 0 Å². The predicted octanol–water partition coefficient (Wildman–Crippen LogP) is 2.45. The highest BCUT2D eigenvalue weighted by Gasteiger charge is 2.06. The molecule has 14 heavy (non-hydrogen) atoms. The summed E-state index contributed by atoms with van der Waals surface area (Å²) >= 11 is 0. The summed E-state index contributed by atoms with van der Waals surface area (Å²) in [5.41, 5.74) is 0.337. The van der Waals surface area contributed by atoms with Gasteiger partial charge in [0.05, 0.1) is 0 Å². The molecular weight excluding hydrogens is 190 g/mol. The van der Waals surface area contributed by atoms with Crippen LogP contribution >= 0.6 is 0 Å². The minimum absolute atomic E-state index is 0.0915. The molecule has 0 aliphatic carbocycles. The lowest BCUT2D eigenvalue weighted by Gasteiger charge is -2.01. The molecule has 74 valence electrons. The molecule has 0 saturated heterocycles. The molecule has 1 rings (SSSR count). The monoisotopic (exact) mass is 198 g/mol. The van der Waals surface area contributed by atoms with Crippen LogP contribution in [0.25, 0.3) is 5.57 Å². The standard InChI is InChI=1S/C10H8F2O2/c1-6(4-10(13)14)8-3-2-7(11)5-9(8)12/h2-5H,1H3,(H,13,14)/b6-4+. The molecule has 0 amide bonds. The van der Waals surface area contributed by atoms with Gasteiger partial charge in [0.25, 0.3) is 0 Å². The number of hydrogen-bond acceptors (Lipinski definition) is 1. The van der Waals surface area contributed by atoms with E-state index < -0.39 is 17.6 Å². The largest absolute Gasteiger partial charge is 0.478 e. The lowest BCUT2D eigenvalue weighted by Crippen LogP contribution is -1.93. The summed E-state index contributed by atoms with van der Waals surface area (Å²) in [5, 5.41) is 8.42. The van der Waals surface area contributed by atoms with Gasteiger partial charge in [0.1, 0.15) is 11.6 Å². The Bertz CT molecular complexity index is 397. The van der Waals surface area contributed by atoms with Crippen molar-refractivity contribution < 1.29 is 18.7 Å². The van der Waals surface area contributed by atoms with Crippen LogP contribution in [0.2, 0.25) is 0 Å². The zero-order chi connectivity index (χ0) is 10.7. The van der Waals surface area contributed by atoms with Gasteiger partial charge in [-0.25, -0.2) is 13.6 Å². The summed E-state index contributed by atoms with van der Waals surface area (Å²) in [6.07, 6.45) is 0.871. The second-order valence-corrected chi connectivity index (χ2v) is 2.79. The van der Waals surface area contributed by atoms with E-state index in [1.54, 1.807) is 0 Å².